The zero-order valence-electron chi connectivity index (χ0n) is 14.5. The summed E-state index contributed by atoms with van der Waals surface area (Å²) in [4.78, 5) is 2.95. The first-order valence-electron chi connectivity index (χ1n) is 8.90. The molecule has 0 aliphatic heterocycles. The van der Waals surface area contributed by atoms with Gasteiger partial charge < -0.3 is 4.90 Å². The molecule has 0 aliphatic carbocycles. The van der Waals surface area contributed by atoms with E-state index in [1.54, 1.807) is 0 Å². The van der Waals surface area contributed by atoms with E-state index in [1.165, 1.54) is 77.0 Å². The van der Waals surface area contributed by atoms with E-state index in [0.29, 0.717) is 10.9 Å². The maximum Gasteiger partial charge on any atom is 0.0298 e. The number of hydrogen-bond acceptors (Lipinski definition) is 1. The molecule has 0 saturated carbocycles. The van der Waals surface area contributed by atoms with E-state index in [0.717, 1.165) is 0 Å². The molecule has 0 fully saturated rings. The van der Waals surface area contributed by atoms with Gasteiger partial charge >= 0.3 is 0 Å². The van der Waals surface area contributed by atoms with Crippen molar-refractivity contribution in [2.24, 2.45) is 0 Å². The molecule has 0 heterocycles. The van der Waals surface area contributed by atoms with Crippen LogP contribution in [0.5, 0.6) is 0 Å². The normalized spacial score (nSPS) is 14.7. The lowest BCUT2D eigenvalue weighted by Crippen LogP contribution is -2.32. The van der Waals surface area contributed by atoms with Crippen molar-refractivity contribution in [3.8, 4) is 0 Å². The summed E-state index contributed by atoms with van der Waals surface area (Å²) in [5, 5.41) is 0. The minimum absolute atomic E-state index is 0.637. The Labute approximate surface area is 137 Å². The van der Waals surface area contributed by atoms with Gasteiger partial charge in [-0.2, -0.15) is 0 Å². The van der Waals surface area contributed by atoms with Crippen LogP contribution in [0.4, 0.5) is 0 Å². The summed E-state index contributed by atoms with van der Waals surface area (Å²) in [6, 6.07) is 0.637. The van der Waals surface area contributed by atoms with E-state index in [4.69, 9.17) is 0 Å². The minimum atomic E-state index is 0.637. The molecule has 2 atom stereocenters. The molecule has 2 unspecified atom stereocenters. The molecule has 1 nitrogen and oxygen atoms in total. The molecule has 0 saturated heterocycles. The second-order valence-corrected chi connectivity index (χ2v) is 7.72. The zero-order chi connectivity index (χ0) is 15.2. The molecule has 0 N–H and O–H groups in total. The van der Waals surface area contributed by atoms with Crippen molar-refractivity contribution in [2.45, 2.75) is 102 Å². The van der Waals surface area contributed by atoms with E-state index in [-0.39, 0.29) is 0 Å². The quantitative estimate of drug-likeness (QED) is 0.259. The predicted molar refractivity (Wildman–Crippen MR) is 96.9 cm³/mol. The van der Waals surface area contributed by atoms with E-state index in [1.807, 2.05) is 0 Å². The van der Waals surface area contributed by atoms with Gasteiger partial charge in [0.25, 0.3) is 0 Å². The number of halogens is 1. The van der Waals surface area contributed by atoms with Gasteiger partial charge in [0.05, 0.1) is 0 Å². The third-order valence-corrected chi connectivity index (χ3v) is 5.64. The van der Waals surface area contributed by atoms with Gasteiger partial charge in [-0.3, -0.25) is 0 Å². The third kappa shape index (κ3) is 12.2. The van der Waals surface area contributed by atoms with Crippen molar-refractivity contribution in [3.05, 3.63) is 0 Å². The summed E-state index contributed by atoms with van der Waals surface area (Å²) in [6.07, 6.45) is 17.1. The number of alkyl halides is 1. The molecule has 20 heavy (non-hydrogen) atoms. The maximum absolute atomic E-state index is 3.83. The third-order valence-electron chi connectivity index (χ3n) is 4.42. The van der Waals surface area contributed by atoms with Crippen LogP contribution in [0.2, 0.25) is 0 Å². The highest BCUT2D eigenvalue weighted by molar-refractivity contribution is 9.09. The molecular formula is C18H38BrN. The molecule has 0 rings (SSSR count). The standard InChI is InChI=1S/C18H38BrN/c1-5-6-7-8-9-10-11-12-13-14-15-16-18(19)17(2)20(3)4/h17-18H,5-16H2,1-4H3. The number of nitrogens with zero attached hydrogens (tertiary/aromatic N) is 1. The predicted octanol–water partition coefficient (Wildman–Crippen LogP) is 6.40. The fraction of sp³-hybridized carbons (Fsp3) is 1.00. The van der Waals surface area contributed by atoms with Crippen LogP contribution in [0.1, 0.15) is 90.9 Å². The monoisotopic (exact) mass is 347 g/mol. The average Bonchev–Trinajstić information content (AvgIpc) is 2.43. The van der Waals surface area contributed by atoms with Crippen LogP contribution in [0, 0.1) is 0 Å². The molecule has 2 heteroatoms. The summed E-state index contributed by atoms with van der Waals surface area (Å²) in [5.41, 5.74) is 0. The fourth-order valence-electron chi connectivity index (χ4n) is 2.57. The van der Waals surface area contributed by atoms with E-state index < -0.39 is 0 Å². The van der Waals surface area contributed by atoms with Gasteiger partial charge in [-0.05, 0) is 27.4 Å². The Morgan fingerprint density at radius 1 is 0.750 bits per heavy atom. The highest BCUT2D eigenvalue weighted by Gasteiger charge is 2.14. The van der Waals surface area contributed by atoms with Crippen LogP contribution >= 0.6 is 15.9 Å². The van der Waals surface area contributed by atoms with Gasteiger partial charge in [0, 0.05) is 10.9 Å². The van der Waals surface area contributed by atoms with Crippen LogP contribution in [-0.2, 0) is 0 Å². The molecule has 0 bridgehead atoms. The van der Waals surface area contributed by atoms with Crippen molar-refractivity contribution in [2.75, 3.05) is 14.1 Å². The lowest BCUT2D eigenvalue weighted by Gasteiger charge is -2.25. The molecule has 0 aliphatic rings. The molecule has 122 valence electrons. The van der Waals surface area contributed by atoms with Crippen LogP contribution in [0.3, 0.4) is 0 Å². The smallest absolute Gasteiger partial charge is 0.0298 e. The molecular weight excluding hydrogens is 310 g/mol. The van der Waals surface area contributed by atoms with E-state index in [9.17, 15) is 0 Å². The first kappa shape index (κ1) is 20.4. The molecule has 0 amide bonds. The lowest BCUT2D eigenvalue weighted by atomic mass is 10.0. The minimum Gasteiger partial charge on any atom is -0.306 e. The van der Waals surface area contributed by atoms with Crippen molar-refractivity contribution >= 4 is 15.9 Å². The summed E-state index contributed by atoms with van der Waals surface area (Å²) in [7, 11) is 4.33. The Hall–Kier alpha value is 0.440. The summed E-state index contributed by atoms with van der Waals surface area (Å²) in [6.45, 7) is 4.59. The van der Waals surface area contributed by atoms with E-state index >= 15 is 0 Å². The van der Waals surface area contributed by atoms with Crippen LogP contribution in [0.15, 0.2) is 0 Å². The van der Waals surface area contributed by atoms with Crippen molar-refractivity contribution in [1.82, 2.24) is 4.90 Å². The number of rotatable bonds is 14. The summed E-state index contributed by atoms with van der Waals surface area (Å²) >= 11 is 3.83. The summed E-state index contributed by atoms with van der Waals surface area (Å²) < 4.78 is 0. The average molecular weight is 348 g/mol. The SMILES string of the molecule is CCCCCCCCCCCCCC(Br)C(C)N(C)C. The van der Waals surface area contributed by atoms with Crippen LogP contribution < -0.4 is 0 Å². The van der Waals surface area contributed by atoms with Gasteiger partial charge in [-0.25, -0.2) is 0 Å². The van der Waals surface area contributed by atoms with Gasteiger partial charge in [0.2, 0.25) is 0 Å². The van der Waals surface area contributed by atoms with Gasteiger partial charge in [0.15, 0.2) is 0 Å². The van der Waals surface area contributed by atoms with Crippen molar-refractivity contribution in [1.29, 1.82) is 0 Å². The Morgan fingerprint density at radius 3 is 1.55 bits per heavy atom. The van der Waals surface area contributed by atoms with Crippen LogP contribution in [0.25, 0.3) is 0 Å². The molecule has 0 aromatic rings. The Balaban J connectivity index is 3.20. The zero-order valence-corrected chi connectivity index (χ0v) is 16.1. The Kier molecular flexibility index (Phi) is 14.7. The van der Waals surface area contributed by atoms with E-state index in [2.05, 4.69) is 48.8 Å². The van der Waals surface area contributed by atoms with Crippen molar-refractivity contribution in [3.63, 3.8) is 0 Å². The maximum atomic E-state index is 3.83. The molecule has 0 radical (unpaired) electrons. The van der Waals surface area contributed by atoms with Gasteiger partial charge in [0.1, 0.15) is 0 Å². The van der Waals surface area contributed by atoms with Crippen LogP contribution in [-0.4, -0.2) is 29.9 Å². The van der Waals surface area contributed by atoms with Crippen molar-refractivity contribution < 1.29 is 0 Å². The first-order valence-corrected chi connectivity index (χ1v) is 9.81. The summed E-state index contributed by atoms with van der Waals surface area (Å²) in [5.74, 6) is 0. The first-order chi connectivity index (χ1) is 9.59. The second kappa shape index (κ2) is 14.4. The van der Waals surface area contributed by atoms with Gasteiger partial charge in [-0.1, -0.05) is 93.5 Å². The lowest BCUT2D eigenvalue weighted by molar-refractivity contribution is 0.301. The number of hydrogen-bond donors (Lipinski definition) is 0. The Bertz CT molecular complexity index is 194. The fourth-order valence-corrected chi connectivity index (χ4v) is 3.36. The Morgan fingerprint density at radius 2 is 1.15 bits per heavy atom. The number of unbranched alkanes of at least 4 members (excludes halogenated alkanes) is 10. The highest BCUT2D eigenvalue weighted by Crippen LogP contribution is 2.18. The van der Waals surface area contributed by atoms with Gasteiger partial charge in [-0.15, -0.1) is 0 Å². The molecule has 0 aromatic carbocycles. The largest absolute Gasteiger partial charge is 0.306 e. The second-order valence-electron chi connectivity index (χ2n) is 6.54. The highest BCUT2D eigenvalue weighted by atomic mass is 79.9. The molecule has 0 spiro atoms. The molecule has 0 aromatic heterocycles. The topological polar surface area (TPSA) is 3.24 Å².